The van der Waals surface area contributed by atoms with E-state index in [-0.39, 0.29) is 26.4 Å². The second-order valence-corrected chi connectivity index (χ2v) is 13.5. The van der Waals surface area contributed by atoms with Gasteiger partial charge in [-0.3, -0.25) is 34.1 Å². The van der Waals surface area contributed by atoms with E-state index in [2.05, 4.69) is 20.4 Å². The van der Waals surface area contributed by atoms with Gasteiger partial charge in [0.25, 0.3) is 23.6 Å². The monoisotopic (exact) mass is 620 g/mol. The van der Waals surface area contributed by atoms with E-state index in [4.69, 9.17) is 19.7 Å². The predicted octanol–water partition coefficient (Wildman–Crippen LogP) is 0.531. The first kappa shape index (κ1) is 30.5. The molecule has 0 bridgehead atoms. The molecule has 6 rings (SSSR count). The van der Waals surface area contributed by atoms with Crippen molar-refractivity contribution >= 4 is 41.0 Å². The second-order valence-electron chi connectivity index (χ2n) is 13.5. The second kappa shape index (κ2) is 10.5. The molecule has 0 saturated carbocycles. The van der Waals surface area contributed by atoms with Gasteiger partial charge in [-0.15, -0.1) is 10.2 Å². The van der Waals surface area contributed by atoms with Crippen LogP contribution in [0, 0.1) is 0 Å². The predicted molar refractivity (Wildman–Crippen MR) is 156 cm³/mol. The Kier molecular flexibility index (Phi) is 7.11. The number of carbonyl (C=O) groups excluding carboxylic acids is 4. The van der Waals surface area contributed by atoms with Gasteiger partial charge in [0.1, 0.15) is 26.4 Å². The summed E-state index contributed by atoms with van der Waals surface area (Å²) in [6.45, 7) is 14.9. The lowest BCUT2D eigenvalue weighted by Crippen LogP contribution is -2.47. The number of hydrogen-bond acceptors (Lipinski definition) is 11. The summed E-state index contributed by atoms with van der Waals surface area (Å²) >= 11 is 0. The van der Waals surface area contributed by atoms with Crippen LogP contribution in [0.3, 0.4) is 0 Å². The van der Waals surface area contributed by atoms with Crippen molar-refractivity contribution in [3.63, 3.8) is 0 Å². The lowest BCUT2D eigenvalue weighted by atomic mass is 9.88. The van der Waals surface area contributed by atoms with Crippen molar-refractivity contribution in [1.29, 1.82) is 0 Å². The molecule has 2 fully saturated rings. The number of rotatable bonds is 5. The molecule has 16 nitrogen and oxygen atoms in total. The molecule has 0 spiro atoms. The van der Waals surface area contributed by atoms with Gasteiger partial charge in [0, 0.05) is 21.6 Å². The Morgan fingerprint density at radius 3 is 1.71 bits per heavy atom. The highest BCUT2D eigenvalue weighted by molar-refractivity contribution is 5.99. The molecule has 4 aromatic rings. The van der Waals surface area contributed by atoms with Gasteiger partial charge in [-0.2, -0.15) is 24.3 Å². The van der Waals surface area contributed by atoms with E-state index in [9.17, 15) is 19.2 Å². The standard InChI is InChI=1S/C29H36N10O6/c1-14(36-18(40)10-44-11-19(36)41)24-30-32-26-16(22(28(3,4)5)34-38(24)26)9-17-23(29(6,7)8)35-39-25(31-33-27(17)39)15(2)37-20(42)12-45-13-21(37)43/h9,14-15,32H,10-13H2,1-8H3. The van der Waals surface area contributed by atoms with Crippen molar-refractivity contribution < 1.29 is 28.7 Å². The molecule has 2 aliphatic rings. The van der Waals surface area contributed by atoms with Crippen molar-refractivity contribution in [2.45, 2.75) is 78.3 Å². The Morgan fingerprint density at radius 2 is 1.20 bits per heavy atom. The lowest BCUT2D eigenvalue weighted by molar-refractivity contribution is -0.162. The fourth-order valence-corrected chi connectivity index (χ4v) is 5.83. The van der Waals surface area contributed by atoms with Crippen LogP contribution >= 0.6 is 0 Å². The Bertz CT molecular complexity index is 1890. The molecule has 2 aliphatic heterocycles. The Balaban J connectivity index is 1.54. The van der Waals surface area contributed by atoms with Gasteiger partial charge in [0.2, 0.25) is 0 Å². The largest absolute Gasteiger partial charge is 0.362 e. The van der Waals surface area contributed by atoms with E-state index in [1.807, 2.05) is 47.6 Å². The highest BCUT2D eigenvalue weighted by Crippen LogP contribution is 2.31. The summed E-state index contributed by atoms with van der Waals surface area (Å²) in [5.41, 5.74) is 2.34. The van der Waals surface area contributed by atoms with Crippen LogP contribution in [-0.4, -0.2) is 99.5 Å². The first-order valence-corrected chi connectivity index (χ1v) is 14.7. The number of ether oxygens (including phenoxy) is 2. The van der Waals surface area contributed by atoms with Crippen LogP contribution in [0.2, 0.25) is 0 Å². The fraction of sp³-hybridized carbons (Fsp3) is 0.552. The molecule has 16 heteroatoms. The van der Waals surface area contributed by atoms with Gasteiger partial charge >= 0.3 is 0 Å². The molecule has 0 radical (unpaired) electrons. The van der Waals surface area contributed by atoms with Crippen LogP contribution in [0.25, 0.3) is 17.4 Å². The van der Waals surface area contributed by atoms with Gasteiger partial charge in [-0.25, -0.2) is 0 Å². The number of nitrogens with one attached hydrogen (secondary N) is 1. The number of amides is 4. The van der Waals surface area contributed by atoms with Crippen LogP contribution in [0.1, 0.15) is 96.1 Å². The maximum absolute atomic E-state index is 12.6. The van der Waals surface area contributed by atoms with E-state index in [1.165, 1.54) is 0 Å². The maximum Gasteiger partial charge on any atom is 0.255 e. The fourth-order valence-electron chi connectivity index (χ4n) is 5.83. The van der Waals surface area contributed by atoms with Crippen LogP contribution in [0.15, 0.2) is 0 Å². The third kappa shape index (κ3) is 4.97. The smallest absolute Gasteiger partial charge is 0.255 e. The van der Waals surface area contributed by atoms with E-state index >= 15 is 0 Å². The topological polar surface area (TPSA) is 182 Å². The van der Waals surface area contributed by atoms with Crippen LogP contribution in [0.4, 0.5) is 0 Å². The van der Waals surface area contributed by atoms with Gasteiger partial charge in [0.15, 0.2) is 22.9 Å². The Morgan fingerprint density at radius 1 is 0.711 bits per heavy atom. The number of aromatic amines is 1. The molecule has 1 N–H and O–H groups in total. The molecule has 4 aromatic heterocycles. The molecule has 2 unspecified atom stereocenters. The summed E-state index contributed by atoms with van der Waals surface area (Å²) in [7, 11) is 0. The van der Waals surface area contributed by atoms with Gasteiger partial charge < -0.3 is 9.47 Å². The molecular weight excluding hydrogens is 584 g/mol. The Labute approximate surface area is 257 Å². The van der Waals surface area contributed by atoms with E-state index < -0.39 is 46.5 Å². The zero-order chi connectivity index (χ0) is 32.6. The molecular formula is C29H36N10O6. The highest BCUT2D eigenvalue weighted by atomic mass is 16.5. The van der Waals surface area contributed by atoms with Gasteiger partial charge in [-0.1, -0.05) is 41.5 Å². The summed E-state index contributed by atoms with van der Waals surface area (Å²) in [4.78, 5) is 52.7. The SMILES string of the molecule is CC(c1n[nH]c2c(C=c3c(C(C)(C)C)nn4c(C(C)N5C(=O)COCC5=O)nnc34)c(C(C)(C)C)nn12)N1C(=O)COCC1=O. The molecule has 2 saturated heterocycles. The first-order chi connectivity index (χ1) is 21.1. The van der Waals surface area contributed by atoms with Crippen LogP contribution < -0.4 is 5.22 Å². The van der Waals surface area contributed by atoms with E-state index in [0.29, 0.717) is 28.2 Å². The minimum Gasteiger partial charge on any atom is -0.362 e. The molecule has 4 amide bonds. The minimum absolute atomic E-state index is 0.183. The van der Waals surface area contributed by atoms with E-state index in [1.54, 1.807) is 22.9 Å². The average molecular weight is 621 g/mol. The van der Waals surface area contributed by atoms with Crippen molar-refractivity contribution in [3.8, 4) is 0 Å². The number of H-pyrrole nitrogens is 1. The number of aromatic nitrogens is 8. The van der Waals surface area contributed by atoms with Gasteiger partial charge in [0.05, 0.1) is 23.5 Å². The zero-order valence-corrected chi connectivity index (χ0v) is 26.5. The van der Waals surface area contributed by atoms with Crippen molar-refractivity contribution in [3.05, 3.63) is 33.8 Å². The number of carbonyl (C=O) groups is 4. The summed E-state index contributed by atoms with van der Waals surface area (Å²) in [5.74, 6) is -1.06. The summed E-state index contributed by atoms with van der Waals surface area (Å²) < 4.78 is 13.4. The third-order valence-corrected chi connectivity index (χ3v) is 7.98. The molecule has 2 atom stereocenters. The quantitative estimate of drug-likeness (QED) is 0.307. The average Bonchev–Trinajstić information content (AvgIpc) is 3.69. The number of fused-ring (bicyclic) bond motifs is 2. The summed E-state index contributed by atoms with van der Waals surface area (Å²) in [6.07, 6.45) is 1.94. The minimum atomic E-state index is -0.727. The van der Waals surface area contributed by atoms with Gasteiger partial charge in [-0.05, 0) is 19.9 Å². The zero-order valence-electron chi connectivity index (χ0n) is 26.5. The first-order valence-electron chi connectivity index (χ1n) is 14.7. The van der Waals surface area contributed by atoms with Crippen molar-refractivity contribution in [1.82, 2.24) is 49.4 Å². The lowest BCUT2D eigenvalue weighted by Gasteiger charge is -2.29. The van der Waals surface area contributed by atoms with Crippen LogP contribution in [0.5, 0.6) is 0 Å². The number of hydrogen-bond donors (Lipinski definition) is 1. The Hall–Kier alpha value is -4.57. The van der Waals surface area contributed by atoms with Crippen molar-refractivity contribution in [2.24, 2.45) is 0 Å². The summed E-state index contributed by atoms with van der Waals surface area (Å²) in [6, 6.07) is -1.43. The normalized spacial score (nSPS) is 19.1. The molecule has 6 heterocycles. The van der Waals surface area contributed by atoms with E-state index in [0.717, 1.165) is 26.8 Å². The molecule has 0 aliphatic carbocycles. The molecule has 238 valence electrons. The highest BCUT2D eigenvalue weighted by Gasteiger charge is 2.37. The third-order valence-electron chi connectivity index (χ3n) is 7.98. The number of nitrogens with zero attached hydrogens (tertiary/aromatic N) is 9. The number of imide groups is 2. The maximum atomic E-state index is 12.6. The number of morpholine rings is 2. The molecule has 0 aromatic carbocycles. The summed E-state index contributed by atoms with van der Waals surface area (Å²) in [5, 5.41) is 26.9. The van der Waals surface area contributed by atoms with Crippen LogP contribution in [-0.2, 0) is 39.5 Å². The molecule has 45 heavy (non-hydrogen) atoms. The van der Waals surface area contributed by atoms with Crippen molar-refractivity contribution in [2.75, 3.05) is 26.4 Å².